The van der Waals surface area contributed by atoms with E-state index in [9.17, 15) is 18.0 Å². The van der Waals surface area contributed by atoms with Crippen LogP contribution in [0.3, 0.4) is 0 Å². The number of halogens is 3. The van der Waals surface area contributed by atoms with Crippen LogP contribution in [0.4, 0.5) is 13.2 Å². The Morgan fingerprint density at radius 1 is 1.50 bits per heavy atom. The van der Waals surface area contributed by atoms with Crippen LogP contribution in [-0.4, -0.2) is 22.6 Å². The van der Waals surface area contributed by atoms with E-state index in [0.29, 0.717) is 0 Å². The van der Waals surface area contributed by atoms with E-state index in [1.165, 1.54) is 6.92 Å². The van der Waals surface area contributed by atoms with E-state index >= 15 is 0 Å². The first-order chi connectivity index (χ1) is 6.39. The van der Waals surface area contributed by atoms with Crippen LogP contribution < -0.4 is 4.74 Å². The van der Waals surface area contributed by atoms with Crippen LogP contribution in [0.1, 0.15) is 11.9 Å². The lowest BCUT2D eigenvalue weighted by molar-refractivity contribution is -0.138. The van der Waals surface area contributed by atoms with E-state index in [1.54, 1.807) is 0 Å². The maximum absolute atomic E-state index is 12.0. The fourth-order valence-corrected chi connectivity index (χ4v) is 1.11. The van der Waals surface area contributed by atoms with Gasteiger partial charge in [0.05, 0.1) is 0 Å². The Kier molecular flexibility index (Phi) is 3.04. The highest BCUT2D eigenvalue weighted by molar-refractivity contribution is 7.13. The Labute approximate surface area is 80.7 Å². The number of ketones is 1. The van der Waals surface area contributed by atoms with Gasteiger partial charge in [-0.3, -0.25) is 4.79 Å². The van der Waals surface area contributed by atoms with Crippen LogP contribution in [0.5, 0.6) is 5.19 Å². The Hall–Kier alpha value is -1.18. The van der Waals surface area contributed by atoms with Crippen molar-refractivity contribution in [2.75, 3.05) is 6.61 Å². The quantitative estimate of drug-likeness (QED) is 0.784. The first-order valence-corrected chi connectivity index (χ1v) is 4.24. The lowest BCUT2D eigenvalue weighted by Crippen LogP contribution is -2.06. The van der Waals surface area contributed by atoms with Gasteiger partial charge in [-0.05, 0) is 6.92 Å². The summed E-state index contributed by atoms with van der Waals surface area (Å²) < 4.78 is 40.6. The monoisotopic (exact) mass is 226 g/mol. The maximum Gasteiger partial charge on any atom is 0.445 e. The van der Waals surface area contributed by atoms with Gasteiger partial charge in [-0.25, -0.2) is 0 Å². The highest BCUT2D eigenvalue weighted by atomic mass is 32.1. The van der Waals surface area contributed by atoms with Crippen LogP contribution in [0.2, 0.25) is 0 Å². The van der Waals surface area contributed by atoms with Crippen molar-refractivity contribution in [3.05, 3.63) is 5.01 Å². The molecule has 0 aliphatic heterocycles. The minimum absolute atomic E-state index is 0.257. The Balaban J connectivity index is 2.64. The van der Waals surface area contributed by atoms with Gasteiger partial charge in [0, 0.05) is 0 Å². The third-order valence-corrected chi connectivity index (χ3v) is 1.93. The Morgan fingerprint density at radius 2 is 2.14 bits per heavy atom. The van der Waals surface area contributed by atoms with Gasteiger partial charge in [-0.15, -0.1) is 5.10 Å². The summed E-state index contributed by atoms with van der Waals surface area (Å²) in [7, 11) is 0. The molecule has 0 aliphatic carbocycles. The number of alkyl halides is 3. The second-order valence-electron chi connectivity index (χ2n) is 2.36. The average Bonchev–Trinajstić information content (AvgIpc) is 2.47. The van der Waals surface area contributed by atoms with Gasteiger partial charge < -0.3 is 4.74 Å². The summed E-state index contributed by atoms with van der Waals surface area (Å²) in [5, 5.41) is 4.66. The molecular formula is C6H5F3N2O2S. The SMILES string of the molecule is CC(=O)COc1nnc(C(F)(F)F)s1. The molecule has 8 heteroatoms. The number of ether oxygens (including phenoxy) is 1. The first-order valence-electron chi connectivity index (χ1n) is 3.42. The Bertz CT molecular complexity index is 336. The van der Waals surface area contributed by atoms with E-state index in [1.807, 2.05) is 0 Å². The highest BCUT2D eigenvalue weighted by Gasteiger charge is 2.35. The molecule has 0 fully saturated rings. The second kappa shape index (κ2) is 3.91. The van der Waals surface area contributed by atoms with Gasteiger partial charge in [0.2, 0.25) is 5.01 Å². The molecule has 0 aromatic carbocycles. The number of carbonyl (C=O) groups excluding carboxylic acids is 1. The summed E-state index contributed by atoms with van der Waals surface area (Å²) in [6, 6.07) is 0. The summed E-state index contributed by atoms with van der Waals surface area (Å²) >= 11 is 0.260. The van der Waals surface area contributed by atoms with Gasteiger partial charge in [0.25, 0.3) is 5.19 Å². The van der Waals surface area contributed by atoms with Crippen LogP contribution in [0.25, 0.3) is 0 Å². The highest BCUT2D eigenvalue weighted by Crippen LogP contribution is 2.33. The zero-order valence-corrected chi connectivity index (χ0v) is 7.78. The molecule has 0 saturated heterocycles. The molecule has 0 amide bonds. The Morgan fingerprint density at radius 3 is 2.57 bits per heavy atom. The number of Topliss-reactive ketones (excluding diaryl/α,β-unsaturated/α-hetero) is 1. The number of rotatable bonds is 3. The van der Waals surface area contributed by atoms with E-state index in [4.69, 9.17) is 0 Å². The standard InChI is InChI=1S/C6H5F3N2O2S/c1-3(12)2-13-5-11-10-4(14-5)6(7,8)9/h2H2,1H3. The van der Waals surface area contributed by atoms with Gasteiger partial charge in [-0.1, -0.05) is 16.4 Å². The number of nitrogens with zero attached hydrogens (tertiary/aromatic N) is 2. The number of aromatic nitrogens is 2. The molecule has 0 radical (unpaired) electrons. The molecule has 4 nitrogen and oxygen atoms in total. The van der Waals surface area contributed by atoms with Crippen LogP contribution in [0.15, 0.2) is 0 Å². The molecular weight excluding hydrogens is 221 g/mol. The summed E-state index contributed by atoms with van der Waals surface area (Å²) in [6.07, 6.45) is -4.52. The molecule has 1 aromatic heterocycles. The first kappa shape index (κ1) is 10.9. The fraction of sp³-hybridized carbons (Fsp3) is 0.500. The lowest BCUT2D eigenvalue weighted by Gasteiger charge is -1.98. The van der Waals surface area contributed by atoms with Gasteiger partial charge in [0.15, 0.2) is 5.78 Å². The molecule has 1 rings (SSSR count). The zero-order valence-electron chi connectivity index (χ0n) is 6.96. The molecule has 0 aliphatic rings. The molecule has 78 valence electrons. The van der Waals surface area contributed by atoms with Crippen LogP contribution >= 0.6 is 11.3 Å². The lowest BCUT2D eigenvalue weighted by atomic mass is 10.5. The minimum atomic E-state index is -4.52. The second-order valence-corrected chi connectivity index (χ2v) is 3.30. The van der Waals surface area contributed by atoms with E-state index in [-0.39, 0.29) is 28.9 Å². The number of hydrogen-bond donors (Lipinski definition) is 0. The predicted octanol–water partition coefficient (Wildman–Crippen LogP) is 1.52. The molecule has 0 spiro atoms. The normalized spacial score (nSPS) is 11.4. The van der Waals surface area contributed by atoms with Gasteiger partial charge in [-0.2, -0.15) is 13.2 Å². The molecule has 0 atom stereocenters. The van der Waals surface area contributed by atoms with Crippen molar-refractivity contribution in [3.8, 4) is 5.19 Å². The molecule has 1 aromatic rings. The molecule has 0 bridgehead atoms. The average molecular weight is 226 g/mol. The summed E-state index contributed by atoms with van der Waals surface area (Å²) in [4.78, 5) is 10.4. The minimum Gasteiger partial charge on any atom is -0.461 e. The van der Waals surface area contributed by atoms with Crippen molar-refractivity contribution in [1.29, 1.82) is 0 Å². The van der Waals surface area contributed by atoms with Crippen LogP contribution in [-0.2, 0) is 11.0 Å². The van der Waals surface area contributed by atoms with Gasteiger partial charge >= 0.3 is 6.18 Å². The van der Waals surface area contributed by atoms with E-state index in [0.717, 1.165) is 0 Å². The van der Waals surface area contributed by atoms with Crippen molar-refractivity contribution >= 4 is 17.1 Å². The third-order valence-electron chi connectivity index (χ3n) is 1.05. The molecule has 14 heavy (non-hydrogen) atoms. The van der Waals surface area contributed by atoms with Crippen molar-refractivity contribution in [1.82, 2.24) is 10.2 Å². The molecule has 0 N–H and O–H groups in total. The summed E-state index contributed by atoms with van der Waals surface area (Å²) in [6.45, 7) is 0.957. The zero-order chi connectivity index (χ0) is 10.8. The number of hydrogen-bond acceptors (Lipinski definition) is 5. The summed E-state index contributed by atoms with van der Waals surface area (Å²) in [5.41, 5.74) is 0. The third kappa shape index (κ3) is 2.95. The van der Waals surface area contributed by atoms with E-state index in [2.05, 4.69) is 14.9 Å². The molecule has 0 unspecified atom stereocenters. The number of carbonyl (C=O) groups is 1. The summed E-state index contributed by atoms with van der Waals surface area (Å²) in [5.74, 6) is -0.297. The topological polar surface area (TPSA) is 52.1 Å². The fourth-order valence-electron chi connectivity index (χ4n) is 0.546. The largest absolute Gasteiger partial charge is 0.461 e. The maximum atomic E-state index is 12.0. The van der Waals surface area contributed by atoms with Crippen molar-refractivity contribution in [2.45, 2.75) is 13.1 Å². The predicted molar refractivity (Wildman–Crippen MR) is 41.1 cm³/mol. The van der Waals surface area contributed by atoms with Crippen molar-refractivity contribution in [3.63, 3.8) is 0 Å². The molecule has 0 saturated carbocycles. The smallest absolute Gasteiger partial charge is 0.445 e. The van der Waals surface area contributed by atoms with Gasteiger partial charge in [0.1, 0.15) is 6.61 Å². The van der Waals surface area contributed by atoms with Crippen LogP contribution in [0, 0.1) is 0 Å². The molecule has 1 heterocycles. The van der Waals surface area contributed by atoms with Crippen molar-refractivity contribution in [2.24, 2.45) is 0 Å². The van der Waals surface area contributed by atoms with E-state index < -0.39 is 11.2 Å². The van der Waals surface area contributed by atoms with Crippen molar-refractivity contribution < 1.29 is 22.7 Å².